The number of nitrogens with one attached hydrogen (secondary N) is 1. The quantitative estimate of drug-likeness (QED) is 0.661. The van der Waals surface area contributed by atoms with Crippen LogP contribution >= 0.6 is 0 Å². The maximum atomic E-state index is 13.6. The number of ether oxygens (including phenoxy) is 1. The molecule has 1 aliphatic rings. The molecule has 0 saturated heterocycles. The van der Waals surface area contributed by atoms with Gasteiger partial charge in [-0.25, -0.2) is 8.78 Å². The van der Waals surface area contributed by atoms with Crippen LogP contribution in [0.4, 0.5) is 20.2 Å². The fraction of sp³-hybridized carbons (Fsp3) is 0.500. The summed E-state index contributed by atoms with van der Waals surface area (Å²) >= 11 is 0. The Morgan fingerprint density at radius 3 is 2.47 bits per heavy atom. The van der Waals surface area contributed by atoms with Crippen molar-refractivity contribution in [3.63, 3.8) is 0 Å². The third-order valence-corrected chi connectivity index (χ3v) is 3.08. The number of anilines is 1. The van der Waals surface area contributed by atoms with Gasteiger partial charge < -0.3 is 10.1 Å². The van der Waals surface area contributed by atoms with Gasteiger partial charge in [0.15, 0.2) is 11.6 Å². The van der Waals surface area contributed by atoms with E-state index in [1.807, 2.05) is 6.92 Å². The number of halogens is 2. The molecular formula is C12H14F2N2O3. The summed E-state index contributed by atoms with van der Waals surface area (Å²) in [6.07, 6.45) is 1.46. The molecule has 5 nitrogen and oxygen atoms in total. The Labute approximate surface area is 108 Å². The minimum absolute atomic E-state index is 0.0676. The second-order valence-corrected chi connectivity index (χ2v) is 4.43. The van der Waals surface area contributed by atoms with Crippen LogP contribution in [0, 0.1) is 21.7 Å². The van der Waals surface area contributed by atoms with E-state index in [1.54, 1.807) is 0 Å². The Balaban J connectivity index is 2.04. The molecule has 0 aromatic heterocycles. The summed E-state index contributed by atoms with van der Waals surface area (Å²) in [6, 6.07) is 1.36. The molecule has 1 aromatic rings. The Kier molecular flexibility index (Phi) is 3.94. The first-order valence-electron chi connectivity index (χ1n) is 6.02. The number of nitro benzene ring substituents is 1. The van der Waals surface area contributed by atoms with Gasteiger partial charge in [0.1, 0.15) is 5.69 Å². The summed E-state index contributed by atoms with van der Waals surface area (Å²) in [6.45, 7) is 2.49. The Morgan fingerprint density at radius 1 is 1.42 bits per heavy atom. The molecule has 0 heterocycles. The first-order chi connectivity index (χ1) is 9.01. The Morgan fingerprint density at radius 2 is 2.00 bits per heavy atom. The van der Waals surface area contributed by atoms with E-state index < -0.39 is 22.2 Å². The van der Waals surface area contributed by atoms with Gasteiger partial charge in [-0.05, 0) is 19.8 Å². The zero-order valence-electron chi connectivity index (χ0n) is 10.4. The minimum atomic E-state index is -0.952. The largest absolute Gasteiger partial charge is 0.378 e. The van der Waals surface area contributed by atoms with Crippen LogP contribution in [-0.4, -0.2) is 23.7 Å². The Bertz CT molecular complexity index is 467. The summed E-state index contributed by atoms with van der Waals surface area (Å²) in [7, 11) is 0. The molecule has 7 heteroatoms. The maximum absolute atomic E-state index is 13.6. The van der Waals surface area contributed by atoms with Crippen LogP contribution in [0.2, 0.25) is 0 Å². The topological polar surface area (TPSA) is 64.4 Å². The molecule has 0 bridgehead atoms. The molecule has 2 rings (SSSR count). The predicted octanol–water partition coefficient (Wildman–Crippen LogP) is 2.85. The lowest BCUT2D eigenvalue weighted by Gasteiger charge is -2.36. The van der Waals surface area contributed by atoms with Gasteiger partial charge >= 0.3 is 0 Å². The maximum Gasteiger partial charge on any atom is 0.275 e. The summed E-state index contributed by atoms with van der Waals surface area (Å²) in [5.74, 6) is -1.90. The number of nitrogens with zero attached hydrogens (tertiary/aromatic N) is 1. The molecule has 1 saturated carbocycles. The molecule has 1 aliphatic carbocycles. The predicted molar refractivity (Wildman–Crippen MR) is 65.1 cm³/mol. The van der Waals surface area contributed by atoms with Crippen LogP contribution in [0.1, 0.15) is 19.8 Å². The summed E-state index contributed by atoms with van der Waals surface area (Å²) in [5, 5.41) is 13.2. The van der Waals surface area contributed by atoms with Gasteiger partial charge in [0.2, 0.25) is 0 Å². The lowest BCUT2D eigenvalue weighted by molar-refractivity contribution is -0.385. The highest BCUT2D eigenvalue weighted by Crippen LogP contribution is 2.31. The fourth-order valence-electron chi connectivity index (χ4n) is 2.06. The first-order valence-corrected chi connectivity index (χ1v) is 6.02. The van der Waals surface area contributed by atoms with E-state index >= 15 is 0 Å². The number of hydrogen-bond donors (Lipinski definition) is 1. The van der Waals surface area contributed by atoms with Gasteiger partial charge in [-0.2, -0.15) is 0 Å². The fourth-order valence-corrected chi connectivity index (χ4v) is 2.06. The van der Waals surface area contributed by atoms with Crippen LogP contribution in [0.5, 0.6) is 0 Å². The molecule has 0 radical (unpaired) electrons. The Hall–Kier alpha value is -1.76. The smallest absolute Gasteiger partial charge is 0.275 e. The van der Waals surface area contributed by atoms with Crippen LogP contribution in [0.25, 0.3) is 0 Å². The van der Waals surface area contributed by atoms with Crippen molar-refractivity contribution in [1.29, 1.82) is 0 Å². The average molecular weight is 272 g/mol. The lowest BCUT2D eigenvalue weighted by atomic mass is 9.89. The van der Waals surface area contributed by atoms with Crippen molar-refractivity contribution in [1.82, 2.24) is 0 Å². The normalized spacial score (nSPS) is 21.8. The first kappa shape index (κ1) is 13.7. The number of benzene rings is 1. The van der Waals surface area contributed by atoms with Gasteiger partial charge in [-0.3, -0.25) is 10.1 Å². The lowest BCUT2D eigenvalue weighted by Crippen LogP contribution is -2.41. The van der Waals surface area contributed by atoms with Crippen LogP contribution < -0.4 is 5.32 Å². The molecule has 104 valence electrons. The van der Waals surface area contributed by atoms with Gasteiger partial charge in [-0.15, -0.1) is 0 Å². The molecule has 0 amide bonds. The number of nitro groups is 1. The summed E-state index contributed by atoms with van der Waals surface area (Å²) in [4.78, 5) is 9.63. The highest BCUT2D eigenvalue weighted by molar-refractivity contribution is 5.52. The van der Waals surface area contributed by atoms with Crippen molar-refractivity contribution in [3.8, 4) is 0 Å². The van der Waals surface area contributed by atoms with Crippen molar-refractivity contribution in [2.45, 2.75) is 31.9 Å². The monoisotopic (exact) mass is 272 g/mol. The van der Waals surface area contributed by atoms with Gasteiger partial charge in [0.05, 0.1) is 23.2 Å². The van der Waals surface area contributed by atoms with Crippen molar-refractivity contribution < 1.29 is 18.4 Å². The standard InChI is InChI=1S/C12H14F2N2O3/c1-2-19-9-3-7(4-9)15-12-10(13)5-8(16(17)18)6-11(12)14/h5-7,9,15H,2-4H2,1H3. The van der Waals surface area contributed by atoms with E-state index in [-0.39, 0.29) is 17.8 Å². The number of hydrogen-bond acceptors (Lipinski definition) is 4. The van der Waals surface area contributed by atoms with E-state index in [0.717, 1.165) is 0 Å². The molecule has 1 N–H and O–H groups in total. The SMILES string of the molecule is CCOC1CC(Nc2c(F)cc([N+](=O)[O-])cc2F)C1. The zero-order valence-corrected chi connectivity index (χ0v) is 10.4. The molecule has 1 aromatic carbocycles. The van der Waals surface area contributed by atoms with Crippen molar-refractivity contribution in [2.75, 3.05) is 11.9 Å². The molecule has 0 aliphatic heterocycles. The van der Waals surface area contributed by atoms with Crippen molar-refractivity contribution in [3.05, 3.63) is 33.9 Å². The third-order valence-electron chi connectivity index (χ3n) is 3.08. The second-order valence-electron chi connectivity index (χ2n) is 4.43. The van der Waals surface area contributed by atoms with Crippen molar-refractivity contribution in [2.24, 2.45) is 0 Å². The minimum Gasteiger partial charge on any atom is -0.378 e. The molecule has 0 unspecified atom stereocenters. The van der Waals surface area contributed by atoms with Crippen LogP contribution in [-0.2, 0) is 4.74 Å². The molecule has 19 heavy (non-hydrogen) atoms. The number of rotatable bonds is 5. The van der Waals surface area contributed by atoms with Crippen LogP contribution in [0.3, 0.4) is 0 Å². The van der Waals surface area contributed by atoms with E-state index in [9.17, 15) is 18.9 Å². The molecular weight excluding hydrogens is 258 g/mol. The summed E-state index contributed by atoms with van der Waals surface area (Å²) < 4.78 is 32.5. The second kappa shape index (κ2) is 5.48. The zero-order chi connectivity index (χ0) is 14.0. The third kappa shape index (κ3) is 2.98. The highest BCUT2D eigenvalue weighted by atomic mass is 19.1. The molecule has 1 fully saturated rings. The van der Waals surface area contributed by atoms with Gasteiger partial charge in [0, 0.05) is 12.6 Å². The molecule has 0 atom stereocenters. The highest BCUT2D eigenvalue weighted by Gasteiger charge is 2.31. The van der Waals surface area contributed by atoms with Crippen molar-refractivity contribution >= 4 is 11.4 Å². The van der Waals surface area contributed by atoms with Gasteiger partial charge in [0.25, 0.3) is 5.69 Å². The van der Waals surface area contributed by atoms with E-state index in [0.29, 0.717) is 31.6 Å². The van der Waals surface area contributed by atoms with E-state index in [1.165, 1.54) is 0 Å². The summed E-state index contributed by atoms with van der Waals surface area (Å²) in [5.41, 5.74) is -0.910. The van der Waals surface area contributed by atoms with E-state index in [2.05, 4.69) is 5.32 Å². The van der Waals surface area contributed by atoms with Crippen LogP contribution in [0.15, 0.2) is 12.1 Å². The number of non-ortho nitro benzene ring substituents is 1. The average Bonchev–Trinajstić information content (AvgIpc) is 2.29. The van der Waals surface area contributed by atoms with Gasteiger partial charge in [-0.1, -0.05) is 0 Å². The molecule has 0 spiro atoms. The van der Waals surface area contributed by atoms with E-state index in [4.69, 9.17) is 4.74 Å².